The Morgan fingerprint density at radius 2 is 1.95 bits per heavy atom. The van der Waals surface area contributed by atoms with Crippen molar-refractivity contribution >= 4 is 17.8 Å². The number of fused-ring (bicyclic) bond motifs is 1. The first-order chi connectivity index (χ1) is 17.8. The highest BCUT2D eigenvalue weighted by molar-refractivity contribution is 6.04. The number of ether oxygens (including phenoxy) is 1. The molecule has 3 aliphatic heterocycles. The maximum absolute atomic E-state index is 13.8. The van der Waals surface area contributed by atoms with Gasteiger partial charge in [0.15, 0.2) is 5.82 Å². The van der Waals surface area contributed by atoms with Gasteiger partial charge in [-0.15, -0.1) is 0 Å². The van der Waals surface area contributed by atoms with Crippen LogP contribution >= 0.6 is 0 Å². The molecule has 1 aromatic heterocycles. The fraction of sp³-hybridized carbons (Fsp3) is 0.556. The summed E-state index contributed by atoms with van der Waals surface area (Å²) in [6.45, 7) is 11.7. The van der Waals surface area contributed by atoms with Gasteiger partial charge in [-0.1, -0.05) is 0 Å². The molecule has 2 fully saturated rings. The number of aromatic amines is 1. The molecule has 196 valence electrons. The van der Waals surface area contributed by atoms with Crippen molar-refractivity contribution in [1.82, 2.24) is 24.9 Å². The summed E-state index contributed by atoms with van der Waals surface area (Å²) in [6.07, 6.45) is 2.23. The van der Waals surface area contributed by atoms with Gasteiger partial charge in [0.25, 0.3) is 5.91 Å². The minimum Gasteiger partial charge on any atom is -0.381 e. The largest absolute Gasteiger partial charge is 0.381 e. The molecule has 4 heterocycles. The lowest BCUT2D eigenvalue weighted by molar-refractivity contribution is 0.0290. The van der Waals surface area contributed by atoms with E-state index in [9.17, 15) is 9.59 Å². The van der Waals surface area contributed by atoms with E-state index in [1.54, 1.807) is 24.3 Å². The van der Waals surface area contributed by atoms with E-state index in [4.69, 9.17) is 10.00 Å². The molecule has 0 spiro atoms. The summed E-state index contributed by atoms with van der Waals surface area (Å²) in [7, 11) is 0. The lowest BCUT2D eigenvalue weighted by Gasteiger charge is -2.44. The molecule has 2 aromatic rings. The van der Waals surface area contributed by atoms with Gasteiger partial charge in [-0.3, -0.25) is 14.8 Å². The molecular weight excluding hydrogens is 470 g/mol. The number of nitrogens with zero attached hydrogens (tertiary/aromatic N) is 5. The first kappa shape index (κ1) is 25.2. The number of amides is 3. The van der Waals surface area contributed by atoms with Crippen molar-refractivity contribution in [3.63, 3.8) is 0 Å². The number of carbonyl (C=O) groups is 2. The van der Waals surface area contributed by atoms with Gasteiger partial charge in [0.1, 0.15) is 0 Å². The van der Waals surface area contributed by atoms with Crippen molar-refractivity contribution in [3.05, 3.63) is 46.6 Å². The molecule has 5 rings (SSSR count). The van der Waals surface area contributed by atoms with Crippen LogP contribution < -0.4 is 5.32 Å². The van der Waals surface area contributed by atoms with Gasteiger partial charge in [-0.2, -0.15) is 10.4 Å². The molecule has 2 N–H and O–H groups in total. The summed E-state index contributed by atoms with van der Waals surface area (Å²) in [5, 5.41) is 19.3. The Bertz CT molecular complexity index is 1190. The van der Waals surface area contributed by atoms with Gasteiger partial charge in [0.05, 0.1) is 29.4 Å². The maximum Gasteiger partial charge on any atom is 0.321 e. The summed E-state index contributed by atoms with van der Waals surface area (Å²) in [5.74, 6) is 0.800. The summed E-state index contributed by atoms with van der Waals surface area (Å²) < 4.78 is 5.50. The average Bonchev–Trinajstić information content (AvgIpc) is 3.42. The zero-order chi connectivity index (χ0) is 26.2. The summed E-state index contributed by atoms with van der Waals surface area (Å²) in [5.41, 5.74) is 2.00. The van der Waals surface area contributed by atoms with E-state index in [-0.39, 0.29) is 18.0 Å². The van der Waals surface area contributed by atoms with Gasteiger partial charge >= 0.3 is 6.03 Å². The number of rotatable bonds is 4. The van der Waals surface area contributed by atoms with E-state index in [0.717, 1.165) is 56.9 Å². The lowest BCUT2D eigenvalue weighted by Crippen LogP contribution is -2.59. The van der Waals surface area contributed by atoms with Crippen molar-refractivity contribution in [2.75, 3.05) is 44.7 Å². The number of hydrogen-bond donors (Lipinski definition) is 2. The van der Waals surface area contributed by atoms with Crippen LogP contribution in [0.15, 0.2) is 24.3 Å². The van der Waals surface area contributed by atoms with Crippen molar-refractivity contribution in [3.8, 4) is 6.07 Å². The fourth-order valence-electron chi connectivity index (χ4n) is 5.73. The number of benzene rings is 1. The Balaban J connectivity index is 1.24. The third-order valence-electron chi connectivity index (χ3n) is 8.02. The van der Waals surface area contributed by atoms with Crippen LogP contribution in [0.25, 0.3) is 0 Å². The van der Waals surface area contributed by atoms with Crippen molar-refractivity contribution in [1.29, 1.82) is 5.26 Å². The topological polar surface area (TPSA) is 118 Å². The molecule has 1 aromatic carbocycles. The number of carbonyl (C=O) groups excluding carboxylic acids is 2. The minimum atomic E-state index is -0.588. The first-order valence-corrected chi connectivity index (χ1v) is 13.1. The molecule has 10 nitrogen and oxygen atoms in total. The smallest absolute Gasteiger partial charge is 0.321 e. The first-order valence-electron chi connectivity index (χ1n) is 13.1. The van der Waals surface area contributed by atoms with Crippen LogP contribution in [0.2, 0.25) is 0 Å². The molecule has 10 heteroatoms. The van der Waals surface area contributed by atoms with E-state index in [1.807, 2.05) is 23.6 Å². The number of anilines is 1. The SMILES string of the molecule is C[C@H]1CN(CC2CCOCC2)CCN1C(=O)N1Cc2c(NC(=O)c3ccc(C#N)cc3)n[nH]c2C1(C)C. The van der Waals surface area contributed by atoms with Crippen LogP contribution in [0.4, 0.5) is 10.6 Å². The highest BCUT2D eigenvalue weighted by atomic mass is 16.5. The number of nitriles is 1. The molecule has 37 heavy (non-hydrogen) atoms. The van der Waals surface area contributed by atoms with Crippen molar-refractivity contribution < 1.29 is 14.3 Å². The number of piperazine rings is 1. The lowest BCUT2D eigenvalue weighted by atomic mass is 9.99. The van der Waals surface area contributed by atoms with Crippen LogP contribution in [-0.2, 0) is 16.8 Å². The van der Waals surface area contributed by atoms with Gasteiger partial charge < -0.3 is 19.9 Å². The molecule has 2 saturated heterocycles. The summed E-state index contributed by atoms with van der Waals surface area (Å²) in [6, 6.07) is 8.62. The standard InChI is InChI=1S/C27H35N7O3/c1-18-15-32(16-20-8-12-37-13-9-20)10-11-33(18)26(36)34-17-22-23(27(34,2)3)30-31-24(22)29-25(35)21-6-4-19(14-28)5-7-21/h4-7,18,20H,8-13,15-17H2,1-3H3,(H2,29,30,31,35)/t18-/m0/s1. The van der Waals surface area contributed by atoms with Crippen molar-refractivity contribution in [2.24, 2.45) is 5.92 Å². The van der Waals surface area contributed by atoms with Crippen LogP contribution in [0.3, 0.4) is 0 Å². The highest BCUT2D eigenvalue weighted by Gasteiger charge is 2.46. The maximum atomic E-state index is 13.8. The third kappa shape index (κ3) is 4.93. The van der Waals surface area contributed by atoms with Crippen LogP contribution in [0, 0.1) is 17.2 Å². The predicted molar refractivity (Wildman–Crippen MR) is 138 cm³/mol. The molecule has 3 aliphatic rings. The fourth-order valence-corrected chi connectivity index (χ4v) is 5.73. The summed E-state index contributed by atoms with van der Waals surface area (Å²) >= 11 is 0. The van der Waals surface area contributed by atoms with E-state index >= 15 is 0 Å². The number of H-pyrrole nitrogens is 1. The molecule has 1 atom stereocenters. The second-order valence-corrected chi connectivity index (χ2v) is 10.9. The Morgan fingerprint density at radius 3 is 2.62 bits per heavy atom. The second kappa shape index (κ2) is 10.1. The molecule has 3 amide bonds. The van der Waals surface area contributed by atoms with Gasteiger partial charge in [0, 0.05) is 56.6 Å². The Morgan fingerprint density at radius 1 is 1.22 bits per heavy atom. The zero-order valence-corrected chi connectivity index (χ0v) is 21.8. The van der Waals surface area contributed by atoms with E-state index < -0.39 is 5.54 Å². The number of nitrogens with one attached hydrogen (secondary N) is 2. The average molecular weight is 506 g/mol. The quantitative estimate of drug-likeness (QED) is 0.659. The Hall–Kier alpha value is -3.42. The number of aromatic nitrogens is 2. The van der Waals surface area contributed by atoms with Gasteiger partial charge in [-0.25, -0.2) is 4.79 Å². The Labute approximate surface area is 217 Å². The van der Waals surface area contributed by atoms with E-state index in [2.05, 4.69) is 33.4 Å². The predicted octanol–water partition coefficient (Wildman–Crippen LogP) is 3.14. The molecular formula is C27H35N7O3. The van der Waals surface area contributed by atoms with Gasteiger partial charge in [-0.05, 0) is 63.8 Å². The van der Waals surface area contributed by atoms with Crippen LogP contribution in [0.5, 0.6) is 0 Å². The minimum absolute atomic E-state index is 0.0113. The molecule has 0 aliphatic carbocycles. The summed E-state index contributed by atoms with van der Waals surface area (Å²) in [4.78, 5) is 32.9. The van der Waals surface area contributed by atoms with Crippen LogP contribution in [-0.4, -0.2) is 82.3 Å². The third-order valence-corrected chi connectivity index (χ3v) is 8.02. The van der Waals surface area contributed by atoms with Crippen LogP contribution in [0.1, 0.15) is 60.8 Å². The number of hydrogen-bond acceptors (Lipinski definition) is 6. The zero-order valence-electron chi connectivity index (χ0n) is 21.8. The second-order valence-electron chi connectivity index (χ2n) is 10.9. The molecule has 0 unspecified atom stereocenters. The van der Waals surface area contributed by atoms with E-state index in [0.29, 0.717) is 36.0 Å². The van der Waals surface area contributed by atoms with Gasteiger partial charge in [0.2, 0.25) is 0 Å². The molecule has 0 bridgehead atoms. The normalized spacial score (nSPS) is 21.9. The monoisotopic (exact) mass is 505 g/mol. The Kier molecular flexibility index (Phi) is 6.92. The highest BCUT2D eigenvalue weighted by Crippen LogP contribution is 2.41. The molecule has 0 radical (unpaired) electrons. The van der Waals surface area contributed by atoms with Crippen molar-refractivity contribution in [2.45, 2.75) is 51.7 Å². The number of urea groups is 1. The molecule has 0 saturated carbocycles. The van der Waals surface area contributed by atoms with E-state index in [1.165, 1.54) is 0 Å².